The molecule has 0 aliphatic heterocycles. The smallest absolute Gasteiger partial charge is 0.118 e. The SMILES string of the molecule is CN(CCCCCCCCCCC[N+](C)(CCO)CCc1ccccc1O)CCc1ccccc1O. The highest BCUT2D eigenvalue weighted by Crippen LogP contribution is 2.19. The van der Waals surface area contributed by atoms with Crippen molar-refractivity contribution in [3.05, 3.63) is 59.7 Å². The lowest BCUT2D eigenvalue weighted by molar-refractivity contribution is -0.909. The second kappa shape index (κ2) is 17.4. The van der Waals surface area contributed by atoms with E-state index < -0.39 is 0 Å². The van der Waals surface area contributed by atoms with Gasteiger partial charge in [0.2, 0.25) is 0 Å². The van der Waals surface area contributed by atoms with Crippen molar-refractivity contribution in [2.45, 2.75) is 70.6 Å². The number of unbranched alkanes of at least 4 members (excludes halogenated alkanes) is 8. The van der Waals surface area contributed by atoms with Gasteiger partial charge in [-0.3, -0.25) is 0 Å². The van der Waals surface area contributed by atoms with Crippen molar-refractivity contribution in [3.63, 3.8) is 0 Å². The molecule has 1 unspecified atom stereocenters. The van der Waals surface area contributed by atoms with Gasteiger partial charge in [0.05, 0.1) is 26.7 Å². The van der Waals surface area contributed by atoms with Crippen LogP contribution < -0.4 is 0 Å². The lowest BCUT2D eigenvalue weighted by Crippen LogP contribution is -2.48. The molecule has 0 amide bonds. The van der Waals surface area contributed by atoms with Gasteiger partial charge in [-0.2, -0.15) is 0 Å². The first-order valence-corrected chi connectivity index (χ1v) is 14.1. The number of hydrogen-bond acceptors (Lipinski definition) is 4. The van der Waals surface area contributed by atoms with Crippen LogP contribution >= 0.6 is 0 Å². The first kappa shape index (κ1) is 30.1. The minimum absolute atomic E-state index is 0.212. The third-order valence-corrected chi connectivity index (χ3v) is 7.54. The molecule has 5 nitrogen and oxygen atoms in total. The maximum Gasteiger partial charge on any atom is 0.118 e. The van der Waals surface area contributed by atoms with Crippen molar-refractivity contribution < 1.29 is 19.8 Å². The number of quaternary nitrogens is 1. The summed E-state index contributed by atoms with van der Waals surface area (Å²) < 4.78 is 0.867. The van der Waals surface area contributed by atoms with Gasteiger partial charge in [-0.15, -0.1) is 0 Å². The van der Waals surface area contributed by atoms with E-state index >= 15 is 0 Å². The molecular weight excluding hydrogens is 448 g/mol. The predicted octanol–water partition coefficient (Wildman–Crippen LogP) is 5.76. The Balaban J connectivity index is 1.46. The van der Waals surface area contributed by atoms with Crippen LogP contribution in [0.4, 0.5) is 0 Å². The zero-order valence-electron chi connectivity index (χ0n) is 22.9. The van der Waals surface area contributed by atoms with E-state index in [4.69, 9.17) is 0 Å². The van der Waals surface area contributed by atoms with Gasteiger partial charge >= 0.3 is 0 Å². The Morgan fingerprint density at radius 1 is 0.611 bits per heavy atom. The van der Waals surface area contributed by atoms with Crippen LogP contribution in [0.5, 0.6) is 11.5 Å². The zero-order valence-corrected chi connectivity index (χ0v) is 22.9. The van der Waals surface area contributed by atoms with E-state index in [2.05, 4.69) is 19.0 Å². The number of rotatable bonds is 20. The highest BCUT2D eigenvalue weighted by molar-refractivity contribution is 5.32. The Labute approximate surface area is 220 Å². The molecule has 0 fully saturated rings. The minimum Gasteiger partial charge on any atom is -0.508 e. The average Bonchev–Trinajstić information content (AvgIpc) is 2.86. The van der Waals surface area contributed by atoms with Crippen LogP contribution in [0.3, 0.4) is 0 Å². The number of aromatic hydroxyl groups is 2. The largest absolute Gasteiger partial charge is 0.508 e. The van der Waals surface area contributed by atoms with Gasteiger partial charge in [0.25, 0.3) is 0 Å². The van der Waals surface area contributed by atoms with Gasteiger partial charge < -0.3 is 24.7 Å². The molecule has 0 spiro atoms. The summed E-state index contributed by atoms with van der Waals surface area (Å²) in [6.07, 6.45) is 13.4. The van der Waals surface area contributed by atoms with Crippen LogP contribution in [0.25, 0.3) is 0 Å². The van der Waals surface area contributed by atoms with Crippen molar-refractivity contribution in [3.8, 4) is 11.5 Å². The number of aliphatic hydroxyl groups is 1. The first-order valence-electron chi connectivity index (χ1n) is 14.1. The Morgan fingerprint density at radius 2 is 1.11 bits per heavy atom. The molecule has 0 bridgehead atoms. The van der Waals surface area contributed by atoms with Crippen LogP contribution in [0.1, 0.15) is 68.9 Å². The third-order valence-electron chi connectivity index (χ3n) is 7.54. The quantitative estimate of drug-likeness (QED) is 0.160. The lowest BCUT2D eigenvalue weighted by Gasteiger charge is -2.34. The molecule has 0 aliphatic rings. The molecule has 0 radical (unpaired) electrons. The van der Waals surface area contributed by atoms with Crippen LogP contribution in [-0.2, 0) is 12.8 Å². The van der Waals surface area contributed by atoms with Crippen LogP contribution in [0, 0.1) is 0 Å². The first-order chi connectivity index (χ1) is 17.4. The number of aliphatic hydroxyl groups excluding tert-OH is 1. The number of benzene rings is 2. The van der Waals surface area contributed by atoms with Crippen molar-refractivity contribution in [1.29, 1.82) is 0 Å². The molecule has 5 heteroatoms. The molecule has 0 aromatic heterocycles. The van der Waals surface area contributed by atoms with Crippen LogP contribution in [-0.4, -0.2) is 78.1 Å². The van der Waals surface area contributed by atoms with Gasteiger partial charge in [-0.1, -0.05) is 74.9 Å². The van der Waals surface area contributed by atoms with E-state index in [0.717, 1.165) is 61.2 Å². The van der Waals surface area contributed by atoms with Crippen molar-refractivity contribution in [2.24, 2.45) is 0 Å². The summed E-state index contributed by atoms with van der Waals surface area (Å²) >= 11 is 0. The molecular formula is C31H51N2O3+. The number of nitrogens with zero attached hydrogens (tertiary/aromatic N) is 2. The van der Waals surface area contributed by atoms with Crippen molar-refractivity contribution in [1.82, 2.24) is 4.90 Å². The summed E-state index contributed by atoms with van der Waals surface area (Å²) in [6.45, 7) is 5.14. The molecule has 0 aliphatic carbocycles. The molecule has 202 valence electrons. The minimum atomic E-state index is 0.212. The van der Waals surface area contributed by atoms with Gasteiger partial charge in [-0.25, -0.2) is 0 Å². The summed E-state index contributed by atoms with van der Waals surface area (Å²) in [7, 11) is 4.41. The standard InChI is InChI=1S/C31H50N2O3/c1-32(23-20-28-16-10-12-18-30(28)35)22-14-8-6-4-3-5-7-9-15-24-33(2,26-27-34)25-21-29-17-11-13-19-31(29)36/h10-13,16-19,34H,3-9,14-15,20-27H2,1-2H3,(H-,35,36)/p+1. The van der Waals surface area contributed by atoms with Crippen molar-refractivity contribution >= 4 is 0 Å². The lowest BCUT2D eigenvalue weighted by atomic mass is 10.1. The predicted molar refractivity (Wildman–Crippen MR) is 151 cm³/mol. The molecule has 1 atom stereocenters. The zero-order chi connectivity index (χ0) is 26.1. The summed E-state index contributed by atoms with van der Waals surface area (Å²) in [5.74, 6) is 0.789. The topological polar surface area (TPSA) is 63.9 Å². The summed E-state index contributed by atoms with van der Waals surface area (Å²) in [6, 6.07) is 15.2. The summed E-state index contributed by atoms with van der Waals surface area (Å²) in [5.41, 5.74) is 2.03. The Morgan fingerprint density at radius 3 is 1.67 bits per heavy atom. The Bertz CT molecular complexity index is 844. The Kier molecular flexibility index (Phi) is 14.6. The van der Waals surface area contributed by atoms with E-state index in [1.807, 2.05) is 36.4 Å². The number of phenolic OH excluding ortho intramolecular Hbond substituents is 2. The maximum atomic E-state index is 10.0. The Hall–Kier alpha value is -2.08. The average molecular weight is 500 g/mol. The van der Waals surface area contributed by atoms with E-state index in [0.29, 0.717) is 11.5 Å². The number of hydrogen-bond donors (Lipinski definition) is 3. The summed E-state index contributed by atoms with van der Waals surface area (Å²) in [5, 5.41) is 29.5. The van der Waals surface area contributed by atoms with E-state index in [1.54, 1.807) is 12.1 Å². The number of phenols is 2. The normalized spacial score (nSPS) is 13.2. The molecule has 0 heterocycles. The molecule has 2 rings (SSSR count). The molecule has 2 aromatic rings. The fraction of sp³-hybridized carbons (Fsp3) is 0.613. The van der Waals surface area contributed by atoms with E-state index in [-0.39, 0.29) is 6.61 Å². The van der Waals surface area contributed by atoms with Crippen molar-refractivity contribution in [2.75, 3.05) is 53.4 Å². The molecule has 3 N–H and O–H groups in total. The molecule has 0 saturated heterocycles. The van der Waals surface area contributed by atoms with Crippen LogP contribution in [0.2, 0.25) is 0 Å². The van der Waals surface area contributed by atoms with Gasteiger partial charge in [0.1, 0.15) is 18.0 Å². The molecule has 0 saturated carbocycles. The van der Waals surface area contributed by atoms with Crippen LogP contribution in [0.15, 0.2) is 48.5 Å². The van der Waals surface area contributed by atoms with Gasteiger partial charge in [0, 0.05) is 13.0 Å². The number of likely N-dealkylation sites (N-methyl/N-ethyl adjacent to an activating group) is 2. The second-order valence-electron chi connectivity index (χ2n) is 10.8. The maximum absolute atomic E-state index is 10.0. The highest BCUT2D eigenvalue weighted by Gasteiger charge is 2.21. The second-order valence-corrected chi connectivity index (χ2v) is 10.8. The van der Waals surface area contributed by atoms with Gasteiger partial charge in [-0.05, 0) is 62.5 Å². The molecule has 36 heavy (non-hydrogen) atoms. The van der Waals surface area contributed by atoms with E-state index in [9.17, 15) is 15.3 Å². The molecule has 2 aromatic carbocycles. The van der Waals surface area contributed by atoms with Gasteiger partial charge in [0.15, 0.2) is 0 Å². The summed E-state index contributed by atoms with van der Waals surface area (Å²) in [4.78, 5) is 2.37. The number of para-hydroxylation sites is 2. The fourth-order valence-electron chi connectivity index (χ4n) is 4.95. The van der Waals surface area contributed by atoms with E-state index in [1.165, 1.54) is 57.8 Å². The monoisotopic (exact) mass is 499 g/mol. The fourth-order valence-corrected chi connectivity index (χ4v) is 4.95. The highest BCUT2D eigenvalue weighted by atomic mass is 16.3. The third kappa shape index (κ3) is 12.2.